The Labute approximate surface area is 126 Å². The van der Waals surface area contributed by atoms with Crippen molar-refractivity contribution >= 4 is 28.2 Å². The van der Waals surface area contributed by atoms with Gasteiger partial charge in [0.25, 0.3) is 0 Å². The van der Waals surface area contributed by atoms with E-state index in [4.69, 9.17) is 16.6 Å². The monoisotopic (exact) mass is 290 g/mol. The van der Waals surface area contributed by atoms with Gasteiger partial charge in [0.15, 0.2) is 0 Å². The fraction of sp³-hybridized carbons (Fsp3) is 0.471. The predicted octanol–water partition coefficient (Wildman–Crippen LogP) is 5.32. The van der Waals surface area contributed by atoms with Crippen LogP contribution in [0.15, 0.2) is 18.2 Å². The summed E-state index contributed by atoms with van der Waals surface area (Å²) in [6.45, 7) is 11.7. The number of hydrogen-bond acceptors (Lipinski definition) is 2. The average molecular weight is 291 g/mol. The van der Waals surface area contributed by atoms with E-state index in [1.54, 1.807) is 0 Å². The first-order valence-corrected chi connectivity index (χ1v) is 7.56. The average Bonchev–Trinajstić information content (AvgIpc) is 2.34. The van der Waals surface area contributed by atoms with E-state index >= 15 is 0 Å². The first-order valence-electron chi connectivity index (χ1n) is 7.18. The van der Waals surface area contributed by atoms with Crippen LogP contribution in [-0.2, 0) is 5.41 Å². The fourth-order valence-electron chi connectivity index (χ4n) is 2.21. The molecular formula is C17H23ClN2. The lowest BCUT2D eigenvalue weighted by Crippen LogP contribution is -2.15. The molecule has 0 atom stereocenters. The zero-order chi connectivity index (χ0) is 14.9. The maximum atomic E-state index is 6.40. The van der Waals surface area contributed by atoms with Gasteiger partial charge < -0.3 is 5.32 Å². The molecule has 0 spiro atoms. The van der Waals surface area contributed by atoms with E-state index in [2.05, 4.69) is 52.1 Å². The molecule has 0 aliphatic carbocycles. The Morgan fingerprint density at radius 3 is 2.50 bits per heavy atom. The van der Waals surface area contributed by atoms with Crippen molar-refractivity contribution in [1.29, 1.82) is 0 Å². The minimum Gasteiger partial charge on any atom is -0.384 e. The van der Waals surface area contributed by atoms with Gasteiger partial charge >= 0.3 is 0 Å². The van der Waals surface area contributed by atoms with Gasteiger partial charge in [-0.3, -0.25) is 4.98 Å². The van der Waals surface area contributed by atoms with E-state index in [9.17, 15) is 0 Å². The number of fused-ring (bicyclic) bond motifs is 1. The Balaban J connectivity index is 2.71. The van der Waals surface area contributed by atoms with Crippen LogP contribution in [0.4, 0.5) is 5.69 Å². The Morgan fingerprint density at radius 1 is 1.20 bits per heavy atom. The molecule has 0 fully saturated rings. The molecule has 108 valence electrons. The van der Waals surface area contributed by atoms with Crippen molar-refractivity contribution < 1.29 is 0 Å². The van der Waals surface area contributed by atoms with E-state index in [0.29, 0.717) is 0 Å². The second-order valence-corrected chi connectivity index (χ2v) is 6.78. The fourth-order valence-corrected chi connectivity index (χ4v) is 2.53. The summed E-state index contributed by atoms with van der Waals surface area (Å²) < 4.78 is 0. The van der Waals surface area contributed by atoms with E-state index in [-0.39, 0.29) is 5.41 Å². The normalized spacial score (nSPS) is 11.9. The summed E-state index contributed by atoms with van der Waals surface area (Å²) in [6, 6.07) is 6.29. The highest BCUT2D eigenvalue weighted by Crippen LogP contribution is 2.33. The molecule has 0 aliphatic rings. The highest BCUT2D eigenvalue weighted by molar-refractivity contribution is 6.35. The highest BCUT2D eigenvalue weighted by Gasteiger charge is 2.19. The topological polar surface area (TPSA) is 24.9 Å². The zero-order valence-corrected chi connectivity index (χ0v) is 13.7. The van der Waals surface area contributed by atoms with E-state index in [0.717, 1.165) is 45.8 Å². The largest absolute Gasteiger partial charge is 0.384 e. The third-order valence-corrected chi connectivity index (χ3v) is 3.63. The molecule has 1 N–H and O–H groups in total. The van der Waals surface area contributed by atoms with Crippen LogP contribution >= 0.6 is 11.6 Å². The highest BCUT2D eigenvalue weighted by atomic mass is 35.5. The molecule has 1 heterocycles. The zero-order valence-electron chi connectivity index (χ0n) is 13.0. The second kappa shape index (κ2) is 5.61. The van der Waals surface area contributed by atoms with E-state index < -0.39 is 0 Å². The van der Waals surface area contributed by atoms with Gasteiger partial charge in [-0.05, 0) is 37.1 Å². The van der Waals surface area contributed by atoms with Crippen LogP contribution < -0.4 is 5.32 Å². The number of aromatic nitrogens is 1. The van der Waals surface area contributed by atoms with Gasteiger partial charge in [-0.25, -0.2) is 0 Å². The Bertz CT molecular complexity index is 627. The third-order valence-electron chi connectivity index (χ3n) is 3.35. The molecule has 0 radical (unpaired) electrons. The van der Waals surface area contributed by atoms with Crippen LogP contribution in [0.2, 0.25) is 5.02 Å². The van der Waals surface area contributed by atoms with Crippen LogP contribution in [0.1, 0.15) is 45.4 Å². The van der Waals surface area contributed by atoms with Crippen LogP contribution in [0.5, 0.6) is 0 Å². The van der Waals surface area contributed by atoms with E-state index in [1.807, 2.05) is 6.07 Å². The van der Waals surface area contributed by atoms with Gasteiger partial charge in [0.05, 0.1) is 10.5 Å². The van der Waals surface area contributed by atoms with Crippen molar-refractivity contribution in [2.75, 3.05) is 11.9 Å². The minimum atomic E-state index is 0.00501. The van der Waals surface area contributed by atoms with Crippen LogP contribution in [-0.4, -0.2) is 11.5 Å². The van der Waals surface area contributed by atoms with Gasteiger partial charge in [-0.15, -0.1) is 0 Å². The molecule has 0 amide bonds. The molecule has 1 aromatic heterocycles. The molecule has 1 aromatic carbocycles. The van der Waals surface area contributed by atoms with Gasteiger partial charge in [0.1, 0.15) is 0 Å². The van der Waals surface area contributed by atoms with Gasteiger partial charge in [-0.2, -0.15) is 0 Å². The number of halogens is 1. The van der Waals surface area contributed by atoms with Crippen molar-refractivity contribution in [3.63, 3.8) is 0 Å². The molecule has 0 bridgehead atoms. The molecule has 0 saturated heterocycles. The standard InChI is InChI=1S/C17H23ClN2/c1-6-7-19-14-10-15(17(3,4)5)20-16-12(14)8-11(2)9-13(16)18/h8-10H,6-7H2,1-5H3,(H,19,20). The number of rotatable bonds is 3. The van der Waals surface area contributed by atoms with Gasteiger partial charge in [0, 0.05) is 28.7 Å². The number of anilines is 1. The lowest BCUT2D eigenvalue weighted by Gasteiger charge is -2.21. The molecule has 2 aromatic rings. The van der Waals surface area contributed by atoms with Crippen molar-refractivity contribution in [3.05, 3.63) is 34.5 Å². The van der Waals surface area contributed by atoms with Gasteiger partial charge in [-0.1, -0.05) is 39.3 Å². The van der Waals surface area contributed by atoms with Crippen LogP contribution in [0.25, 0.3) is 10.9 Å². The Kier molecular flexibility index (Phi) is 4.24. The number of nitrogens with one attached hydrogen (secondary N) is 1. The number of aryl methyl sites for hydroxylation is 1. The Morgan fingerprint density at radius 2 is 1.90 bits per heavy atom. The molecule has 3 heteroatoms. The number of benzene rings is 1. The number of pyridine rings is 1. The van der Waals surface area contributed by atoms with Crippen molar-refractivity contribution in [2.45, 2.75) is 46.5 Å². The van der Waals surface area contributed by atoms with Crippen LogP contribution in [0, 0.1) is 6.92 Å². The lowest BCUT2D eigenvalue weighted by molar-refractivity contribution is 0.572. The summed E-state index contributed by atoms with van der Waals surface area (Å²) >= 11 is 6.40. The lowest BCUT2D eigenvalue weighted by atomic mass is 9.90. The first-order chi connectivity index (χ1) is 9.32. The smallest absolute Gasteiger partial charge is 0.0912 e. The maximum absolute atomic E-state index is 6.40. The van der Waals surface area contributed by atoms with Crippen molar-refractivity contribution in [2.24, 2.45) is 0 Å². The van der Waals surface area contributed by atoms with E-state index in [1.165, 1.54) is 0 Å². The molecule has 20 heavy (non-hydrogen) atoms. The summed E-state index contributed by atoms with van der Waals surface area (Å²) in [5.41, 5.74) is 4.25. The summed E-state index contributed by atoms with van der Waals surface area (Å²) in [5.74, 6) is 0. The third kappa shape index (κ3) is 3.06. The second-order valence-electron chi connectivity index (χ2n) is 6.37. The molecule has 0 unspecified atom stereocenters. The van der Waals surface area contributed by atoms with Gasteiger partial charge in [0.2, 0.25) is 0 Å². The molecule has 2 nitrogen and oxygen atoms in total. The molecule has 2 rings (SSSR count). The quantitative estimate of drug-likeness (QED) is 0.828. The summed E-state index contributed by atoms with van der Waals surface area (Å²) in [6.07, 6.45) is 1.09. The summed E-state index contributed by atoms with van der Waals surface area (Å²) in [7, 11) is 0. The molecule has 0 aliphatic heterocycles. The Hall–Kier alpha value is -1.28. The maximum Gasteiger partial charge on any atom is 0.0912 e. The first kappa shape index (κ1) is 15.1. The predicted molar refractivity (Wildman–Crippen MR) is 89.0 cm³/mol. The number of hydrogen-bond donors (Lipinski definition) is 1. The van der Waals surface area contributed by atoms with Crippen LogP contribution in [0.3, 0.4) is 0 Å². The van der Waals surface area contributed by atoms with Crippen molar-refractivity contribution in [3.8, 4) is 0 Å². The number of nitrogens with zero attached hydrogens (tertiary/aromatic N) is 1. The van der Waals surface area contributed by atoms with Crippen molar-refractivity contribution in [1.82, 2.24) is 4.98 Å². The SMILES string of the molecule is CCCNc1cc(C(C)(C)C)nc2c(Cl)cc(C)cc12. The summed E-state index contributed by atoms with van der Waals surface area (Å²) in [4.78, 5) is 4.78. The molecule has 0 saturated carbocycles. The summed E-state index contributed by atoms with van der Waals surface area (Å²) in [5, 5.41) is 5.34. The molecular weight excluding hydrogens is 268 g/mol. The minimum absolute atomic E-state index is 0.00501.